The van der Waals surface area contributed by atoms with E-state index in [1.54, 1.807) is 18.2 Å². The van der Waals surface area contributed by atoms with Crippen molar-refractivity contribution in [3.05, 3.63) is 35.6 Å². The normalized spacial score (nSPS) is 24.8. The van der Waals surface area contributed by atoms with Crippen LogP contribution in [0, 0.1) is 17.7 Å². The second-order valence-corrected chi connectivity index (χ2v) is 6.29. The van der Waals surface area contributed by atoms with Crippen molar-refractivity contribution >= 4 is 5.78 Å². The van der Waals surface area contributed by atoms with Crippen LogP contribution in [-0.4, -0.2) is 35.5 Å². The molecule has 4 heteroatoms. The van der Waals surface area contributed by atoms with Crippen molar-refractivity contribution in [2.75, 3.05) is 19.7 Å². The van der Waals surface area contributed by atoms with Gasteiger partial charge in [-0.2, -0.15) is 0 Å². The van der Waals surface area contributed by atoms with E-state index in [1.807, 2.05) is 0 Å². The molecule has 0 radical (unpaired) electrons. The van der Waals surface area contributed by atoms with Crippen molar-refractivity contribution in [3.63, 3.8) is 0 Å². The second-order valence-electron chi connectivity index (χ2n) is 6.29. The number of carbonyl (C=O) groups excluding carboxylic acids is 1. The largest absolute Gasteiger partial charge is 0.396 e. The van der Waals surface area contributed by atoms with Gasteiger partial charge in [0.2, 0.25) is 0 Å². The van der Waals surface area contributed by atoms with Crippen molar-refractivity contribution in [3.8, 4) is 0 Å². The summed E-state index contributed by atoms with van der Waals surface area (Å²) in [5.41, 5.74) is 0.494. The monoisotopic (exact) mass is 291 g/mol. The molecule has 1 N–H and O–H groups in total. The molecule has 2 aliphatic rings. The molecule has 1 saturated carbocycles. The first-order valence-electron chi connectivity index (χ1n) is 7.83. The number of nitrogens with zero attached hydrogens (tertiary/aromatic N) is 1. The number of ketones is 1. The fraction of sp³-hybridized carbons (Fsp3) is 0.588. The molecule has 1 aliphatic carbocycles. The number of rotatable bonds is 5. The van der Waals surface area contributed by atoms with Gasteiger partial charge in [-0.3, -0.25) is 9.69 Å². The van der Waals surface area contributed by atoms with Gasteiger partial charge in [-0.05, 0) is 44.2 Å². The lowest BCUT2D eigenvalue weighted by Crippen LogP contribution is -2.43. The van der Waals surface area contributed by atoms with Gasteiger partial charge in [0.1, 0.15) is 5.82 Å². The minimum atomic E-state index is -0.479. The van der Waals surface area contributed by atoms with E-state index in [2.05, 4.69) is 4.90 Å². The maximum absolute atomic E-state index is 14.2. The maximum atomic E-state index is 14.2. The van der Waals surface area contributed by atoms with Crippen molar-refractivity contribution in [1.82, 2.24) is 4.90 Å². The lowest BCUT2D eigenvalue weighted by molar-refractivity contribution is -0.126. The number of hydrogen-bond donors (Lipinski definition) is 1. The molecule has 21 heavy (non-hydrogen) atoms. The third kappa shape index (κ3) is 3.16. The van der Waals surface area contributed by atoms with Crippen molar-refractivity contribution in [1.29, 1.82) is 0 Å². The Hall–Kier alpha value is -1.26. The van der Waals surface area contributed by atoms with E-state index in [-0.39, 0.29) is 30.0 Å². The molecule has 1 saturated heterocycles. The van der Waals surface area contributed by atoms with Crippen molar-refractivity contribution < 1.29 is 14.3 Å². The predicted octanol–water partition coefficient (Wildman–Crippen LogP) is 2.55. The van der Waals surface area contributed by atoms with Crippen LogP contribution in [0.1, 0.15) is 37.3 Å². The van der Waals surface area contributed by atoms with E-state index in [1.165, 1.54) is 6.07 Å². The van der Waals surface area contributed by atoms with Crippen molar-refractivity contribution in [2.24, 2.45) is 11.8 Å². The van der Waals surface area contributed by atoms with E-state index in [0.717, 1.165) is 32.2 Å². The maximum Gasteiger partial charge on any atom is 0.157 e. The Balaban J connectivity index is 1.89. The van der Waals surface area contributed by atoms with Crippen LogP contribution in [0.25, 0.3) is 0 Å². The first-order valence-corrected chi connectivity index (χ1v) is 7.83. The van der Waals surface area contributed by atoms with Crippen LogP contribution in [0.4, 0.5) is 4.39 Å². The SMILES string of the molecule is O=C(C1CC1)C(c1ccccc1F)N1CCCC(CO)C1. The summed E-state index contributed by atoms with van der Waals surface area (Å²) in [5.74, 6) is 0.144. The Bertz CT molecular complexity index is 515. The summed E-state index contributed by atoms with van der Waals surface area (Å²) in [6, 6.07) is 6.12. The second kappa shape index (κ2) is 6.24. The molecular formula is C17H22FNO2. The quantitative estimate of drug-likeness (QED) is 0.906. The summed E-state index contributed by atoms with van der Waals surface area (Å²) in [6.07, 6.45) is 3.80. The molecule has 0 amide bonds. The molecule has 1 aromatic rings. The Morgan fingerprint density at radius 1 is 1.33 bits per heavy atom. The van der Waals surface area contributed by atoms with E-state index in [4.69, 9.17) is 0 Å². The first-order chi connectivity index (χ1) is 10.2. The number of Topliss-reactive ketones (excluding diaryl/α,β-unsaturated/α-hetero) is 1. The third-order valence-corrected chi connectivity index (χ3v) is 4.62. The van der Waals surface area contributed by atoms with Gasteiger partial charge in [-0.1, -0.05) is 18.2 Å². The number of benzene rings is 1. The van der Waals surface area contributed by atoms with Crippen LogP contribution in [-0.2, 0) is 4.79 Å². The highest BCUT2D eigenvalue weighted by Crippen LogP contribution is 2.39. The van der Waals surface area contributed by atoms with Crippen LogP contribution in [0.3, 0.4) is 0 Å². The van der Waals surface area contributed by atoms with Gasteiger partial charge < -0.3 is 5.11 Å². The van der Waals surface area contributed by atoms with Crippen LogP contribution >= 0.6 is 0 Å². The Labute approximate surface area is 124 Å². The van der Waals surface area contributed by atoms with Gasteiger partial charge in [0, 0.05) is 24.6 Å². The molecule has 3 rings (SSSR count). The molecule has 1 aromatic carbocycles. The van der Waals surface area contributed by atoms with Crippen LogP contribution in [0.15, 0.2) is 24.3 Å². The average Bonchev–Trinajstić information content (AvgIpc) is 3.34. The molecular weight excluding hydrogens is 269 g/mol. The van der Waals surface area contributed by atoms with Crippen LogP contribution in [0.5, 0.6) is 0 Å². The number of halogens is 1. The Morgan fingerprint density at radius 3 is 2.76 bits per heavy atom. The number of aliphatic hydroxyl groups excluding tert-OH is 1. The fourth-order valence-electron chi connectivity index (χ4n) is 3.30. The Kier molecular flexibility index (Phi) is 4.36. The molecule has 2 fully saturated rings. The van der Waals surface area contributed by atoms with Gasteiger partial charge >= 0.3 is 0 Å². The standard InChI is InChI=1S/C17H22FNO2/c18-15-6-2-1-5-14(15)16(17(21)13-7-8-13)19-9-3-4-12(10-19)11-20/h1-2,5-6,12-13,16,20H,3-4,7-11H2. The summed E-state index contributed by atoms with van der Waals surface area (Å²) in [6.45, 7) is 1.61. The van der Waals surface area contributed by atoms with Crippen LogP contribution < -0.4 is 0 Å². The number of piperidine rings is 1. The van der Waals surface area contributed by atoms with Crippen LogP contribution in [0.2, 0.25) is 0 Å². The highest BCUT2D eigenvalue weighted by molar-refractivity contribution is 5.89. The molecule has 114 valence electrons. The minimum absolute atomic E-state index is 0.101. The van der Waals surface area contributed by atoms with E-state index >= 15 is 0 Å². The molecule has 1 aliphatic heterocycles. The third-order valence-electron chi connectivity index (χ3n) is 4.62. The first kappa shape index (κ1) is 14.7. The van der Waals surface area contributed by atoms with E-state index < -0.39 is 6.04 Å². The fourth-order valence-corrected chi connectivity index (χ4v) is 3.30. The topological polar surface area (TPSA) is 40.5 Å². The van der Waals surface area contributed by atoms with Gasteiger partial charge in [-0.15, -0.1) is 0 Å². The van der Waals surface area contributed by atoms with Gasteiger partial charge in [-0.25, -0.2) is 4.39 Å². The predicted molar refractivity (Wildman–Crippen MR) is 78.3 cm³/mol. The lowest BCUT2D eigenvalue weighted by Gasteiger charge is -2.37. The van der Waals surface area contributed by atoms with Gasteiger partial charge in [0.05, 0.1) is 6.04 Å². The number of carbonyl (C=O) groups is 1. The van der Waals surface area contributed by atoms with E-state index in [0.29, 0.717) is 12.1 Å². The van der Waals surface area contributed by atoms with E-state index in [9.17, 15) is 14.3 Å². The summed E-state index contributed by atoms with van der Waals surface area (Å²) in [4.78, 5) is 14.8. The molecule has 2 atom stereocenters. The summed E-state index contributed by atoms with van der Waals surface area (Å²) in [7, 11) is 0. The zero-order valence-electron chi connectivity index (χ0n) is 12.2. The van der Waals surface area contributed by atoms with Gasteiger partial charge in [0.25, 0.3) is 0 Å². The summed E-state index contributed by atoms with van der Waals surface area (Å²) < 4.78 is 14.2. The molecule has 2 unspecified atom stereocenters. The lowest BCUT2D eigenvalue weighted by atomic mass is 9.92. The zero-order chi connectivity index (χ0) is 14.8. The molecule has 0 spiro atoms. The average molecular weight is 291 g/mol. The number of aliphatic hydroxyl groups is 1. The molecule has 0 bridgehead atoms. The van der Waals surface area contributed by atoms with Gasteiger partial charge in [0.15, 0.2) is 5.78 Å². The zero-order valence-corrected chi connectivity index (χ0v) is 12.2. The summed E-state index contributed by atoms with van der Waals surface area (Å²) in [5, 5.41) is 9.39. The summed E-state index contributed by atoms with van der Waals surface area (Å²) >= 11 is 0. The smallest absolute Gasteiger partial charge is 0.157 e. The highest BCUT2D eigenvalue weighted by Gasteiger charge is 2.40. The minimum Gasteiger partial charge on any atom is -0.396 e. The number of hydrogen-bond acceptors (Lipinski definition) is 3. The highest BCUT2D eigenvalue weighted by atomic mass is 19.1. The molecule has 0 aromatic heterocycles. The van der Waals surface area contributed by atoms with Crippen molar-refractivity contribution in [2.45, 2.75) is 31.7 Å². The molecule has 1 heterocycles. The number of likely N-dealkylation sites (tertiary alicyclic amines) is 1. The molecule has 3 nitrogen and oxygen atoms in total. The Morgan fingerprint density at radius 2 is 2.10 bits per heavy atom.